The summed E-state index contributed by atoms with van der Waals surface area (Å²) in [5, 5.41) is 8.95. The van der Waals surface area contributed by atoms with Crippen LogP contribution in [0.3, 0.4) is 0 Å². The quantitative estimate of drug-likeness (QED) is 0.818. The second-order valence-electron chi connectivity index (χ2n) is 4.83. The minimum atomic E-state index is 0.481. The van der Waals surface area contributed by atoms with Crippen LogP contribution in [0, 0.1) is 18.3 Å². The van der Waals surface area contributed by atoms with Crippen molar-refractivity contribution < 1.29 is 4.74 Å². The first kappa shape index (κ1) is 11.7. The zero-order valence-electron chi connectivity index (χ0n) is 10.8. The van der Waals surface area contributed by atoms with Crippen molar-refractivity contribution in [3.8, 4) is 17.7 Å². The Bertz CT molecular complexity index is 671. The number of aromatic nitrogens is 1. The molecule has 94 valence electrons. The molecular weight excluding hydrogens is 236 g/mol. The first-order chi connectivity index (χ1) is 9.24. The van der Waals surface area contributed by atoms with Crippen LogP contribution >= 0.6 is 0 Å². The highest BCUT2D eigenvalue weighted by atomic mass is 16.5. The van der Waals surface area contributed by atoms with Gasteiger partial charge in [-0.25, -0.2) is 4.98 Å². The molecule has 0 unspecified atom stereocenters. The molecule has 1 aliphatic rings. The number of benzene rings is 1. The third kappa shape index (κ3) is 2.43. The van der Waals surface area contributed by atoms with Gasteiger partial charge in [-0.05, 0) is 55.5 Å². The molecule has 1 aliphatic carbocycles. The van der Waals surface area contributed by atoms with Gasteiger partial charge in [-0.1, -0.05) is 6.07 Å². The number of hydrogen-bond donors (Lipinski definition) is 0. The van der Waals surface area contributed by atoms with Crippen LogP contribution < -0.4 is 4.74 Å². The van der Waals surface area contributed by atoms with Crippen LogP contribution in [0.2, 0.25) is 0 Å². The van der Waals surface area contributed by atoms with Crippen molar-refractivity contribution >= 4 is 0 Å². The molecule has 3 rings (SSSR count). The van der Waals surface area contributed by atoms with E-state index in [0.29, 0.717) is 11.4 Å². The van der Waals surface area contributed by atoms with Crippen molar-refractivity contribution in [1.29, 1.82) is 5.26 Å². The molecule has 1 aromatic heterocycles. The predicted octanol–water partition coefficient (Wildman–Crippen LogP) is 3.54. The highest BCUT2D eigenvalue weighted by Gasteiger charge is 2.12. The smallest absolute Gasteiger partial charge is 0.220 e. The lowest BCUT2D eigenvalue weighted by molar-refractivity contribution is 0.461. The first-order valence-electron chi connectivity index (χ1n) is 6.43. The van der Waals surface area contributed by atoms with Crippen molar-refractivity contribution in [1.82, 2.24) is 4.98 Å². The van der Waals surface area contributed by atoms with Gasteiger partial charge in [-0.15, -0.1) is 0 Å². The van der Waals surface area contributed by atoms with Crippen molar-refractivity contribution in [3.63, 3.8) is 0 Å². The maximum absolute atomic E-state index is 8.95. The minimum absolute atomic E-state index is 0.481. The van der Waals surface area contributed by atoms with Crippen LogP contribution in [0.5, 0.6) is 11.6 Å². The van der Waals surface area contributed by atoms with E-state index in [9.17, 15) is 0 Å². The zero-order valence-corrected chi connectivity index (χ0v) is 10.8. The lowest BCUT2D eigenvalue weighted by atomic mass is 10.1. The summed E-state index contributed by atoms with van der Waals surface area (Å²) in [6.45, 7) is 1.86. The molecule has 2 aromatic rings. The molecule has 1 heterocycles. The molecule has 0 saturated heterocycles. The molecule has 0 saturated carbocycles. The summed E-state index contributed by atoms with van der Waals surface area (Å²) in [6, 6.07) is 11.7. The molecule has 0 spiro atoms. The molecule has 0 N–H and O–H groups in total. The molecule has 3 nitrogen and oxygen atoms in total. The Morgan fingerprint density at radius 2 is 2.00 bits per heavy atom. The number of aryl methyl sites for hydroxylation is 3. The highest BCUT2D eigenvalue weighted by Crippen LogP contribution is 2.28. The number of ether oxygens (including phenoxy) is 1. The third-order valence-corrected chi connectivity index (χ3v) is 3.35. The molecule has 0 atom stereocenters. The average molecular weight is 250 g/mol. The van der Waals surface area contributed by atoms with Crippen molar-refractivity contribution in [2.75, 3.05) is 0 Å². The molecule has 0 radical (unpaired) electrons. The fourth-order valence-electron chi connectivity index (χ4n) is 2.49. The predicted molar refractivity (Wildman–Crippen MR) is 72.2 cm³/mol. The van der Waals surface area contributed by atoms with Crippen LogP contribution in [0.15, 0.2) is 30.3 Å². The van der Waals surface area contributed by atoms with E-state index in [4.69, 9.17) is 10.00 Å². The Kier molecular flexibility index (Phi) is 2.92. The van der Waals surface area contributed by atoms with E-state index in [0.717, 1.165) is 24.3 Å². The Labute approximate surface area is 112 Å². The van der Waals surface area contributed by atoms with Gasteiger partial charge in [0.25, 0.3) is 0 Å². The van der Waals surface area contributed by atoms with Crippen LogP contribution in [-0.4, -0.2) is 4.98 Å². The summed E-state index contributed by atoms with van der Waals surface area (Å²) >= 11 is 0. The monoisotopic (exact) mass is 250 g/mol. The maximum atomic E-state index is 8.95. The number of nitriles is 1. The molecule has 0 amide bonds. The number of nitrogens with zero attached hydrogens (tertiary/aromatic N) is 2. The van der Waals surface area contributed by atoms with Gasteiger partial charge >= 0.3 is 0 Å². The van der Waals surface area contributed by atoms with Gasteiger partial charge in [0, 0.05) is 11.8 Å². The van der Waals surface area contributed by atoms with E-state index in [-0.39, 0.29) is 0 Å². The summed E-state index contributed by atoms with van der Waals surface area (Å²) < 4.78 is 5.76. The highest BCUT2D eigenvalue weighted by molar-refractivity contribution is 5.41. The fraction of sp³-hybridized carbons (Fsp3) is 0.250. The van der Waals surface area contributed by atoms with Crippen LogP contribution in [-0.2, 0) is 12.8 Å². The number of hydrogen-bond acceptors (Lipinski definition) is 3. The molecule has 0 fully saturated rings. The minimum Gasteiger partial charge on any atom is -0.439 e. The van der Waals surface area contributed by atoms with Gasteiger partial charge in [-0.2, -0.15) is 5.26 Å². The van der Waals surface area contributed by atoms with Crippen LogP contribution in [0.4, 0.5) is 0 Å². The van der Waals surface area contributed by atoms with Crippen molar-refractivity contribution in [2.24, 2.45) is 0 Å². The summed E-state index contributed by atoms with van der Waals surface area (Å²) in [5.41, 5.74) is 4.15. The van der Waals surface area contributed by atoms with Crippen molar-refractivity contribution in [2.45, 2.75) is 26.2 Å². The first-order valence-corrected chi connectivity index (χ1v) is 6.43. The van der Waals surface area contributed by atoms with Crippen LogP contribution in [0.25, 0.3) is 0 Å². The summed E-state index contributed by atoms with van der Waals surface area (Å²) in [5.74, 6) is 1.28. The van der Waals surface area contributed by atoms with E-state index < -0.39 is 0 Å². The summed E-state index contributed by atoms with van der Waals surface area (Å²) in [7, 11) is 0. The Morgan fingerprint density at radius 3 is 2.84 bits per heavy atom. The van der Waals surface area contributed by atoms with Gasteiger partial charge in [0.2, 0.25) is 5.88 Å². The largest absolute Gasteiger partial charge is 0.439 e. The lowest BCUT2D eigenvalue weighted by Gasteiger charge is -2.08. The van der Waals surface area contributed by atoms with E-state index in [1.165, 1.54) is 17.5 Å². The fourth-order valence-corrected chi connectivity index (χ4v) is 2.49. The van der Waals surface area contributed by atoms with Gasteiger partial charge in [0.05, 0.1) is 11.6 Å². The molecule has 1 aromatic carbocycles. The van der Waals surface area contributed by atoms with Gasteiger partial charge in [0.15, 0.2) is 0 Å². The van der Waals surface area contributed by atoms with E-state index >= 15 is 0 Å². The van der Waals surface area contributed by atoms with E-state index in [1.807, 2.05) is 13.0 Å². The van der Waals surface area contributed by atoms with E-state index in [1.54, 1.807) is 12.1 Å². The topological polar surface area (TPSA) is 45.9 Å². The third-order valence-electron chi connectivity index (χ3n) is 3.35. The Hall–Kier alpha value is -2.34. The second kappa shape index (κ2) is 4.74. The Balaban J connectivity index is 1.89. The lowest BCUT2D eigenvalue weighted by Crippen LogP contribution is -1.93. The molecule has 19 heavy (non-hydrogen) atoms. The number of pyridine rings is 1. The second-order valence-corrected chi connectivity index (χ2v) is 4.83. The SMILES string of the molecule is Cc1cc(C#N)cc(Oc2ccc3c(c2)CCC3)n1. The molecular formula is C16H14N2O. The van der Waals surface area contributed by atoms with E-state index in [2.05, 4.69) is 23.2 Å². The van der Waals surface area contributed by atoms with Crippen LogP contribution in [0.1, 0.15) is 28.8 Å². The van der Waals surface area contributed by atoms with Crippen molar-refractivity contribution in [3.05, 3.63) is 52.7 Å². The average Bonchev–Trinajstić information content (AvgIpc) is 2.85. The van der Waals surface area contributed by atoms with Gasteiger partial charge in [-0.3, -0.25) is 0 Å². The normalized spacial score (nSPS) is 12.8. The van der Waals surface area contributed by atoms with Gasteiger partial charge < -0.3 is 4.74 Å². The zero-order chi connectivity index (χ0) is 13.2. The Morgan fingerprint density at radius 1 is 1.16 bits per heavy atom. The summed E-state index contributed by atoms with van der Waals surface area (Å²) in [4.78, 5) is 4.30. The maximum Gasteiger partial charge on any atom is 0.220 e. The number of fused-ring (bicyclic) bond motifs is 1. The molecule has 0 bridgehead atoms. The van der Waals surface area contributed by atoms with Gasteiger partial charge in [0.1, 0.15) is 5.75 Å². The standard InChI is InChI=1S/C16H14N2O/c1-11-7-12(10-17)8-16(18-11)19-15-6-5-13-3-2-4-14(13)9-15/h5-9H,2-4H2,1H3. The summed E-state index contributed by atoms with van der Waals surface area (Å²) in [6.07, 6.45) is 3.51. The number of rotatable bonds is 2. The molecule has 0 aliphatic heterocycles. The molecule has 3 heteroatoms.